The number of pyridine rings is 2. The molecular weight excluding hydrogens is 340 g/mol. The van der Waals surface area contributed by atoms with Crippen LogP contribution in [0.25, 0.3) is 0 Å². The lowest BCUT2D eigenvalue weighted by Crippen LogP contribution is -2.36. The van der Waals surface area contributed by atoms with Crippen molar-refractivity contribution in [1.82, 2.24) is 20.6 Å². The second-order valence-corrected chi connectivity index (χ2v) is 6.54. The van der Waals surface area contributed by atoms with Crippen LogP contribution in [0.3, 0.4) is 0 Å². The van der Waals surface area contributed by atoms with Gasteiger partial charge in [-0.1, -0.05) is 17.7 Å². The van der Waals surface area contributed by atoms with Gasteiger partial charge in [0.05, 0.1) is 29.8 Å². The minimum atomic E-state index is -0.206. The first-order valence-electron chi connectivity index (χ1n) is 8.22. The van der Waals surface area contributed by atoms with Gasteiger partial charge in [0.1, 0.15) is 0 Å². The molecule has 6 nitrogen and oxygen atoms in total. The summed E-state index contributed by atoms with van der Waals surface area (Å²) in [5.74, 6) is 0.373. The van der Waals surface area contributed by atoms with E-state index in [9.17, 15) is 4.79 Å². The van der Waals surface area contributed by atoms with Crippen LogP contribution in [0.4, 0.5) is 0 Å². The molecule has 1 aliphatic rings. The molecule has 3 rings (SSSR count). The summed E-state index contributed by atoms with van der Waals surface area (Å²) in [7, 11) is 1.57. The minimum absolute atomic E-state index is 0.0103. The second kappa shape index (κ2) is 7.80. The topological polar surface area (TPSA) is 76.1 Å². The molecule has 3 atom stereocenters. The summed E-state index contributed by atoms with van der Waals surface area (Å²) in [6, 6.07) is 9.00. The van der Waals surface area contributed by atoms with E-state index in [0.29, 0.717) is 17.4 Å². The predicted molar refractivity (Wildman–Crippen MR) is 95.7 cm³/mol. The molecule has 3 unspecified atom stereocenters. The molecule has 0 spiro atoms. The first-order valence-corrected chi connectivity index (χ1v) is 8.59. The van der Waals surface area contributed by atoms with Crippen LogP contribution in [0.2, 0.25) is 5.02 Å². The van der Waals surface area contributed by atoms with E-state index in [1.54, 1.807) is 25.4 Å². The molecule has 2 N–H and O–H groups in total. The maximum Gasteiger partial charge on any atom is 0.225 e. The van der Waals surface area contributed by atoms with Crippen molar-refractivity contribution in [2.24, 2.45) is 5.92 Å². The van der Waals surface area contributed by atoms with Gasteiger partial charge in [-0.05, 0) is 25.1 Å². The van der Waals surface area contributed by atoms with Crippen molar-refractivity contribution in [3.63, 3.8) is 0 Å². The maximum atomic E-state index is 12.8. The summed E-state index contributed by atoms with van der Waals surface area (Å²) >= 11 is 5.90. The first kappa shape index (κ1) is 17.6. The second-order valence-electron chi connectivity index (χ2n) is 6.11. The molecule has 132 valence electrons. The van der Waals surface area contributed by atoms with Gasteiger partial charge in [0.25, 0.3) is 0 Å². The smallest absolute Gasteiger partial charge is 0.225 e. The number of ether oxygens (including phenoxy) is 1. The molecule has 3 heterocycles. The fraction of sp³-hybridized carbons (Fsp3) is 0.389. The highest BCUT2D eigenvalue weighted by Crippen LogP contribution is 2.28. The molecular formula is C18H21ClN4O2. The Bertz CT molecular complexity index is 738. The lowest BCUT2D eigenvalue weighted by molar-refractivity contribution is -0.125. The number of rotatable bonds is 5. The quantitative estimate of drug-likeness (QED) is 0.855. The Balaban J connectivity index is 1.70. The van der Waals surface area contributed by atoms with Crippen molar-refractivity contribution >= 4 is 17.5 Å². The van der Waals surface area contributed by atoms with Crippen LogP contribution >= 0.6 is 11.6 Å². The van der Waals surface area contributed by atoms with E-state index in [4.69, 9.17) is 16.3 Å². The third-order valence-electron chi connectivity index (χ3n) is 4.44. The third-order valence-corrected chi connectivity index (χ3v) is 4.66. The van der Waals surface area contributed by atoms with E-state index < -0.39 is 0 Å². The van der Waals surface area contributed by atoms with E-state index in [2.05, 4.69) is 20.6 Å². The van der Waals surface area contributed by atoms with Gasteiger partial charge in [0, 0.05) is 37.0 Å². The van der Waals surface area contributed by atoms with Gasteiger partial charge in [-0.3, -0.25) is 9.78 Å². The Hall–Kier alpha value is -2.18. The average Bonchev–Trinajstić information content (AvgIpc) is 3.12. The number of amides is 1. The van der Waals surface area contributed by atoms with E-state index in [1.807, 2.05) is 25.1 Å². The van der Waals surface area contributed by atoms with Crippen LogP contribution in [-0.4, -0.2) is 36.1 Å². The Kier molecular flexibility index (Phi) is 5.50. The van der Waals surface area contributed by atoms with Crippen molar-refractivity contribution in [2.75, 3.05) is 20.2 Å². The molecule has 25 heavy (non-hydrogen) atoms. The molecule has 7 heteroatoms. The van der Waals surface area contributed by atoms with Crippen molar-refractivity contribution in [3.05, 3.63) is 52.9 Å². The van der Waals surface area contributed by atoms with Gasteiger partial charge in [-0.15, -0.1) is 0 Å². The summed E-state index contributed by atoms with van der Waals surface area (Å²) in [6.45, 7) is 3.26. The molecule has 2 aromatic rings. The average molecular weight is 361 g/mol. The van der Waals surface area contributed by atoms with Gasteiger partial charge in [-0.2, -0.15) is 0 Å². The molecule has 0 aliphatic carbocycles. The predicted octanol–water partition coefficient (Wildman–Crippen LogP) is 2.32. The van der Waals surface area contributed by atoms with Crippen LogP contribution in [0.1, 0.15) is 30.3 Å². The summed E-state index contributed by atoms with van der Waals surface area (Å²) in [6.07, 6.45) is 1.62. The normalized spacial score (nSPS) is 20.9. The van der Waals surface area contributed by atoms with Crippen LogP contribution in [-0.2, 0) is 4.79 Å². The SMILES string of the molecule is COc1cccc(C(C)NC(=O)C2CNCC2c2ccc(Cl)cn2)n1. The van der Waals surface area contributed by atoms with Crippen LogP contribution in [0.5, 0.6) is 5.88 Å². The number of carbonyl (C=O) groups is 1. The maximum absolute atomic E-state index is 12.8. The number of aromatic nitrogens is 2. The molecule has 0 radical (unpaired) electrons. The zero-order valence-electron chi connectivity index (χ0n) is 14.2. The van der Waals surface area contributed by atoms with E-state index in [1.165, 1.54) is 0 Å². The first-order chi connectivity index (χ1) is 12.1. The summed E-state index contributed by atoms with van der Waals surface area (Å²) in [4.78, 5) is 21.5. The van der Waals surface area contributed by atoms with Gasteiger partial charge >= 0.3 is 0 Å². The minimum Gasteiger partial charge on any atom is -0.481 e. The summed E-state index contributed by atoms with van der Waals surface area (Å²) in [5, 5.41) is 6.92. The Morgan fingerprint density at radius 2 is 2.20 bits per heavy atom. The highest BCUT2D eigenvalue weighted by atomic mass is 35.5. The molecule has 0 saturated carbocycles. The molecule has 1 amide bonds. The number of methoxy groups -OCH3 is 1. The van der Waals surface area contributed by atoms with Crippen molar-refractivity contribution in [3.8, 4) is 5.88 Å². The molecule has 1 aliphatic heterocycles. The lowest BCUT2D eigenvalue weighted by Gasteiger charge is -2.21. The zero-order chi connectivity index (χ0) is 17.8. The van der Waals surface area contributed by atoms with Gasteiger partial charge in [-0.25, -0.2) is 4.98 Å². The largest absolute Gasteiger partial charge is 0.481 e. The zero-order valence-corrected chi connectivity index (χ0v) is 15.0. The fourth-order valence-electron chi connectivity index (χ4n) is 3.05. The van der Waals surface area contributed by atoms with Crippen LogP contribution in [0.15, 0.2) is 36.5 Å². The monoisotopic (exact) mass is 360 g/mol. The Morgan fingerprint density at radius 3 is 2.92 bits per heavy atom. The Labute approximate surface area is 152 Å². The van der Waals surface area contributed by atoms with Crippen molar-refractivity contribution < 1.29 is 9.53 Å². The fourth-order valence-corrected chi connectivity index (χ4v) is 3.16. The van der Waals surface area contributed by atoms with E-state index in [-0.39, 0.29) is 23.8 Å². The standard InChI is InChI=1S/C18H21ClN4O2/c1-11(15-4-3-5-17(23-15)25-2)22-18(24)14-10-20-9-13(14)16-7-6-12(19)8-21-16/h3-8,11,13-14,20H,9-10H2,1-2H3,(H,22,24). The van der Waals surface area contributed by atoms with Gasteiger partial charge in [0.2, 0.25) is 11.8 Å². The van der Waals surface area contributed by atoms with Crippen LogP contribution in [0, 0.1) is 5.92 Å². The lowest BCUT2D eigenvalue weighted by atomic mass is 9.91. The van der Waals surface area contributed by atoms with Crippen molar-refractivity contribution in [1.29, 1.82) is 0 Å². The number of nitrogens with one attached hydrogen (secondary N) is 2. The highest BCUT2D eigenvalue weighted by molar-refractivity contribution is 6.30. The number of carbonyl (C=O) groups excluding carboxylic acids is 1. The molecule has 0 bridgehead atoms. The molecule has 0 aromatic carbocycles. The number of halogens is 1. The molecule has 1 fully saturated rings. The highest BCUT2D eigenvalue weighted by Gasteiger charge is 2.35. The van der Waals surface area contributed by atoms with Crippen LogP contribution < -0.4 is 15.4 Å². The van der Waals surface area contributed by atoms with Gasteiger partial charge < -0.3 is 15.4 Å². The van der Waals surface area contributed by atoms with Gasteiger partial charge in [0.15, 0.2) is 0 Å². The third kappa shape index (κ3) is 4.08. The van der Waals surface area contributed by atoms with Crippen molar-refractivity contribution in [2.45, 2.75) is 18.9 Å². The van der Waals surface area contributed by atoms with E-state index >= 15 is 0 Å². The molecule has 1 saturated heterocycles. The number of nitrogens with zero attached hydrogens (tertiary/aromatic N) is 2. The molecule has 2 aromatic heterocycles. The summed E-state index contributed by atoms with van der Waals surface area (Å²) < 4.78 is 5.14. The van der Waals surface area contributed by atoms with E-state index in [0.717, 1.165) is 17.9 Å². The summed E-state index contributed by atoms with van der Waals surface area (Å²) in [5.41, 5.74) is 1.64. The Morgan fingerprint density at radius 1 is 1.36 bits per heavy atom. The number of hydrogen-bond acceptors (Lipinski definition) is 5. The number of hydrogen-bond donors (Lipinski definition) is 2.